The Morgan fingerprint density at radius 3 is 2.09 bits per heavy atom. The number of hydrogen-bond acceptors (Lipinski definition) is 5. The van der Waals surface area contributed by atoms with Crippen LogP contribution in [0.5, 0.6) is 0 Å². The first-order valence-corrected chi connectivity index (χ1v) is 11.9. The fraction of sp³-hybridized carbons (Fsp3) is 0.444. The van der Waals surface area contributed by atoms with E-state index in [4.69, 9.17) is 9.47 Å². The summed E-state index contributed by atoms with van der Waals surface area (Å²) in [6.45, 7) is 4.39. The number of methoxy groups -OCH3 is 1. The molecule has 2 amide bonds. The highest BCUT2D eigenvalue weighted by molar-refractivity contribution is 5.84. The number of carbonyl (C=O) groups is 3. The highest BCUT2D eigenvalue weighted by Gasteiger charge is 2.44. The highest BCUT2D eigenvalue weighted by Crippen LogP contribution is 2.44. The molecule has 2 aromatic carbocycles. The Bertz CT molecular complexity index is 1070. The van der Waals surface area contributed by atoms with E-state index in [0.717, 1.165) is 22.3 Å². The van der Waals surface area contributed by atoms with Gasteiger partial charge in [0.15, 0.2) is 5.60 Å². The van der Waals surface area contributed by atoms with Crippen molar-refractivity contribution in [2.75, 3.05) is 33.4 Å². The molecule has 2 N–H and O–H groups in total. The molecule has 1 heterocycles. The van der Waals surface area contributed by atoms with Gasteiger partial charge >= 0.3 is 12.1 Å². The van der Waals surface area contributed by atoms with Crippen LogP contribution in [-0.2, 0) is 19.1 Å². The Labute approximate surface area is 205 Å². The van der Waals surface area contributed by atoms with E-state index >= 15 is 0 Å². The molecule has 1 fully saturated rings. The van der Waals surface area contributed by atoms with E-state index in [2.05, 4.69) is 29.6 Å². The number of carboxylic acids is 1. The Morgan fingerprint density at radius 2 is 1.57 bits per heavy atom. The van der Waals surface area contributed by atoms with Crippen molar-refractivity contribution < 1.29 is 29.0 Å². The number of aliphatic carboxylic acids is 1. The molecule has 0 saturated carbocycles. The van der Waals surface area contributed by atoms with Gasteiger partial charge < -0.3 is 24.8 Å². The summed E-state index contributed by atoms with van der Waals surface area (Å²) < 4.78 is 10.8. The normalized spacial score (nSPS) is 16.8. The minimum Gasteiger partial charge on any atom is -0.479 e. The predicted octanol–water partition coefficient (Wildman–Crippen LogP) is 3.64. The number of likely N-dealkylation sites (tertiary alicyclic amines) is 1. The molecule has 0 atom stereocenters. The van der Waals surface area contributed by atoms with Crippen LogP contribution in [0.1, 0.15) is 43.7 Å². The molecule has 1 aliphatic heterocycles. The number of ether oxygens (including phenoxy) is 2. The summed E-state index contributed by atoms with van der Waals surface area (Å²) in [6, 6.07) is 16.3. The van der Waals surface area contributed by atoms with Gasteiger partial charge in [-0.05, 0) is 36.1 Å². The number of hydrogen-bond donors (Lipinski definition) is 2. The number of fused-ring (bicyclic) bond motifs is 3. The molecule has 0 aromatic heterocycles. The van der Waals surface area contributed by atoms with Crippen LogP contribution >= 0.6 is 0 Å². The standard InChI is InChI=1S/C27H32N2O6/c1-26(2,23(30)29-14-12-27(34-3,13-15-29)24(31)32)17-28-25(33)35-16-22-20-10-6-4-8-18(20)19-9-5-7-11-21(19)22/h4-11,22H,12-17H2,1-3H3,(H,28,33)(H,31,32). The van der Waals surface area contributed by atoms with Gasteiger partial charge in [0.05, 0.1) is 5.41 Å². The number of carbonyl (C=O) groups excluding carboxylic acids is 2. The third kappa shape index (κ3) is 4.75. The number of nitrogens with one attached hydrogen (secondary N) is 1. The van der Waals surface area contributed by atoms with Crippen LogP contribution in [0.15, 0.2) is 48.5 Å². The lowest BCUT2D eigenvalue weighted by Crippen LogP contribution is -2.55. The molecule has 2 aromatic rings. The summed E-state index contributed by atoms with van der Waals surface area (Å²) in [7, 11) is 1.38. The van der Waals surface area contributed by atoms with E-state index in [1.807, 2.05) is 24.3 Å². The van der Waals surface area contributed by atoms with Crippen molar-refractivity contribution in [3.05, 3.63) is 59.7 Å². The third-order valence-corrected chi connectivity index (χ3v) is 7.24. The van der Waals surface area contributed by atoms with Crippen LogP contribution in [0.3, 0.4) is 0 Å². The number of nitrogens with zero attached hydrogens (tertiary/aromatic N) is 1. The number of alkyl carbamates (subject to hydrolysis) is 1. The summed E-state index contributed by atoms with van der Waals surface area (Å²) in [6.07, 6.45) is -0.128. The largest absolute Gasteiger partial charge is 0.479 e. The van der Waals surface area contributed by atoms with Crippen LogP contribution in [0, 0.1) is 5.41 Å². The summed E-state index contributed by atoms with van der Waals surface area (Å²) in [5, 5.41) is 12.2. The topological polar surface area (TPSA) is 105 Å². The first-order valence-electron chi connectivity index (χ1n) is 11.9. The van der Waals surface area contributed by atoms with Gasteiger partial charge in [-0.25, -0.2) is 9.59 Å². The van der Waals surface area contributed by atoms with Gasteiger partial charge in [0, 0.05) is 45.5 Å². The lowest BCUT2D eigenvalue weighted by Gasteiger charge is -2.40. The van der Waals surface area contributed by atoms with Crippen LogP contribution in [0.2, 0.25) is 0 Å². The molecule has 0 spiro atoms. The van der Waals surface area contributed by atoms with Crippen molar-refractivity contribution in [1.82, 2.24) is 10.2 Å². The number of rotatable bonds is 7. The van der Waals surface area contributed by atoms with Crippen molar-refractivity contribution in [2.24, 2.45) is 5.41 Å². The van der Waals surface area contributed by atoms with Crippen LogP contribution in [0.25, 0.3) is 11.1 Å². The molecular weight excluding hydrogens is 448 g/mol. The monoisotopic (exact) mass is 480 g/mol. The Balaban J connectivity index is 1.31. The minimum absolute atomic E-state index is 0.0357. The van der Waals surface area contributed by atoms with Crippen molar-refractivity contribution in [3.8, 4) is 11.1 Å². The molecular formula is C27H32N2O6. The average molecular weight is 481 g/mol. The molecule has 186 valence electrons. The molecule has 4 rings (SSSR count). The number of carboxylic acid groups (broad SMARTS) is 1. The second-order valence-corrected chi connectivity index (χ2v) is 9.86. The quantitative estimate of drug-likeness (QED) is 0.627. The summed E-state index contributed by atoms with van der Waals surface area (Å²) in [5.74, 6) is -1.19. The van der Waals surface area contributed by atoms with Gasteiger partial charge in [-0.15, -0.1) is 0 Å². The van der Waals surface area contributed by atoms with Gasteiger partial charge in [-0.3, -0.25) is 4.79 Å². The Morgan fingerprint density at radius 1 is 1.03 bits per heavy atom. The summed E-state index contributed by atoms with van der Waals surface area (Å²) in [4.78, 5) is 38.8. The zero-order chi connectivity index (χ0) is 25.2. The molecule has 0 unspecified atom stereocenters. The van der Waals surface area contributed by atoms with Crippen LogP contribution in [0.4, 0.5) is 4.79 Å². The summed E-state index contributed by atoms with van der Waals surface area (Å²) >= 11 is 0. The first kappa shape index (κ1) is 24.7. The molecule has 8 heteroatoms. The zero-order valence-corrected chi connectivity index (χ0v) is 20.4. The highest BCUT2D eigenvalue weighted by atomic mass is 16.5. The number of amides is 2. The van der Waals surface area contributed by atoms with Crippen molar-refractivity contribution in [3.63, 3.8) is 0 Å². The third-order valence-electron chi connectivity index (χ3n) is 7.24. The lowest BCUT2D eigenvalue weighted by molar-refractivity contribution is -0.171. The first-order chi connectivity index (χ1) is 16.7. The fourth-order valence-corrected chi connectivity index (χ4v) is 5.02. The Hall–Kier alpha value is -3.39. The van der Waals surface area contributed by atoms with Gasteiger partial charge in [-0.1, -0.05) is 48.5 Å². The fourth-order valence-electron chi connectivity index (χ4n) is 5.02. The van der Waals surface area contributed by atoms with E-state index in [-0.39, 0.29) is 50.9 Å². The van der Waals surface area contributed by atoms with E-state index in [0.29, 0.717) is 0 Å². The van der Waals surface area contributed by atoms with E-state index in [1.54, 1.807) is 18.7 Å². The average Bonchev–Trinajstić information content (AvgIpc) is 3.19. The number of piperidine rings is 1. The molecule has 1 saturated heterocycles. The Kier molecular flexibility index (Phi) is 6.85. The second kappa shape index (κ2) is 9.70. The zero-order valence-electron chi connectivity index (χ0n) is 20.4. The predicted molar refractivity (Wildman–Crippen MR) is 130 cm³/mol. The maximum absolute atomic E-state index is 13.1. The lowest BCUT2D eigenvalue weighted by atomic mass is 9.87. The molecule has 1 aliphatic carbocycles. The second-order valence-electron chi connectivity index (χ2n) is 9.86. The van der Waals surface area contributed by atoms with Gasteiger partial charge in [0.2, 0.25) is 5.91 Å². The molecule has 2 aliphatic rings. The van der Waals surface area contributed by atoms with E-state index < -0.39 is 23.1 Å². The van der Waals surface area contributed by atoms with E-state index in [1.165, 1.54) is 7.11 Å². The maximum atomic E-state index is 13.1. The van der Waals surface area contributed by atoms with Crippen molar-refractivity contribution >= 4 is 18.0 Å². The van der Waals surface area contributed by atoms with E-state index in [9.17, 15) is 19.5 Å². The minimum atomic E-state index is -1.25. The molecule has 8 nitrogen and oxygen atoms in total. The number of benzene rings is 2. The smallest absolute Gasteiger partial charge is 0.407 e. The molecule has 0 bridgehead atoms. The van der Waals surface area contributed by atoms with Crippen molar-refractivity contribution in [2.45, 2.75) is 38.2 Å². The molecule has 0 radical (unpaired) electrons. The summed E-state index contributed by atoms with van der Waals surface area (Å²) in [5.41, 5.74) is 2.46. The van der Waals surface area contributed by atoms with Crippen molar-refractivity contribution in [1.29, 1.82) is 0 Å². The van der Waals surface area contributed by atoms with Gasteiger partial charge in [0.1, 0.15) is 6.61 Å². The SMILES string of the molecule is COC1(C(=O)O)CCN(C(=O)C(C)(C)CNC(=O)OCC2c3ccccc3-c3ccccc32)CC1. The maximum Gasteiger partial charge on any atom is 0.407 e. The molecule has 35 heavy (non-hydrogen) atoms. The van der Waals surface area contributed by atoms with Crippen LogP contribution in [-0.4, -0.2) is 66.9 Å². The van der Waals surface area contributed by atoms with Gasteiger partial charge in [0.25, 0.3) is 0 Å². The van der Waals surface area contributed by atoms with Gasteiger partial charge in [-0.2, -0.15) is 0 Å². The van der Waals surface area contributed by atoms with Crippen LogP contribution < -0.4 is 5.32 Å².